The van der Waals surface area contributed by atoms with E-state index >= 15 is 0 Å². The molecule has 2 unspecified atom stereocenters. The van der Waals surface area contributed by atoms with Crippen LogP contribution in [-0.4, -0.2) is 43.2 Å². The molecule has 2 aliphatic rings. The van der Waals surface area contributed by atoms with E-state index in [0.29, 0.717) is 6.04 Å². The Labute approximate surface area is 128 Å². The van der Waals surface area contributed by atoms with E-state index in [0.717, 1.165) is 24.8 Å². The van der Waals surface area contributed by atoms with Gasteiger partial charge in [0.25, 0.3) is 0 Å². The third-order valence-corrected chi connectivity index (χ3v) is 4.91. The third kappa shape index (κ3) is 3.18. The smallest absolute Gasteiger partial charge is 0.119 e. The van der Waals surface area contributed by atoms with Crippen LogP contribution in [0.3, 0.4) is 0 Å². The Bertz CT molecular complexity index is 445. The summed E-state index contributed by atoms with van der Waals surface area (Å²) >= 11 is 0. The van der Waals surface area contributed by atoms with E-state index in [4.69, 9.17) is 4.74 Å². The van der Waals surface area contributed by atoms with Gasteiger partial charge in [0.1, 0.15) is 5.75 Å². The zero-order valence-corrected chi connectivity index (χ0v) is 13.4. The molecule has 0 spiro atoms. The maximum atomic E-state index is 5.69. The van der Waals surface area contributed by atoms with Gasteiger partial charge < -0.3 is 9.64 Å². The van der Waals surface area contributed by atoms with Crippen molar-refractivity contribution in [3.05, 3.63) is 24.3 Å². The Morgan fingerprint density at radius 3 is 2.67 bits per heavy atom. The van der Waals surface area contributed by atoms with E-state index < -0.39 is 0 Å². The highest BCUT2D eigenvalue weighted by molar-refractivity contribution is 5.51. The predicted octanol–water partition coefficient (Wildman–Crippen LogP) is 3.54. The van der Waals surface area contributed by atoms with E-state index in [-0.39, 0.29) is 0 Å². The summed E-state index contributed by atoms with van der Waals surface area (Å²) < 4.78 is 5.69. The normalized spacial score (nSPS) is 25.9. The van der Waals surface area contributed by atoms with Gasteiger partial charge >= 0.3 is 0 Å². The first-order valence-electron chi connectivity index (χ1n) is 8.55. The topological polar surface area (TPSA) is 15.7 Å². The molecule has 0 N–H and O–H groups in total. The SMILES string of the molecule is CCCOc1ccc(N2CC3CCCN3CC2CC)cc1. The molecular formula is C18H28N2O. The second kappa shape index (κ2) is 6.69. The van der Waals surface area contributed by atoms with Crippen molar-refractivity contribution in [2.24, 2.45) is 0 Å². The van der Waals surface area contributed by atoms with Crippen LogP contribution in [0, 0.1) is 0 Å². The van der Waals surface area contributed by atoms with E-state index in [1.807, 2.05) is 0 Å². The summed E-state index contributed by atoms with van der Waals surface area (Å²) in [5.74, 6) is 0.994. The van der Waals surface area contributed by atoms with Gasteiger partial charge in [-0.3, -0.25) is 4.90 Å². The van der Waals surface area contributed by atoms with Crippen LogP contribution in [0.5, 0.6) is 5.75 Å². The Kier molecular flexibility index (Phi) is 4.69. The fourth-order valence-corrected chi connectivity index (χ4v) is 3.71. The van der Waals surface area contributed by atoms with Crippen molar-refractivity contribution >= 4 is 5.69 Å². The van der Waals surface area contributed by atoms with Crippen LogP contribution in [0.2, 0.25) is 0 Å². The lowest BCUT2D eigenvalue weighted by molar-refractivity contribution is 0.194. The molecule has 1 aromatic carbocycles. The van der Waals surface area contributed by atoms with Crippen LogP contribution < -0.4 is 9.64 Å². The number of hydrogen-bond acceptors (Lipinski definition) is 3. The van der Waals surface area contributed by atoms with Gasteiger partial charge in [-0.1, -0.05) is 13.8 Å². The van der Waals surface area contributed by atoms with E-state index in [1.165, 1.54) is 44.6 Å². The van der Waals surface area contributed by atoms with E-state index in [1.54, 1.807) is 0 Å². The second-order valence-corrected chi connectivity index (χ2v) is 6.35. The number of nitrogens with zero attached hydrogens (tertiary/aromatic N) is 2. The molecule has 2 fully saturated rings. The third-order valence-electron chi connectivity index (χ3n) is 4.91. The molecule has 0 amide bonds. The van der Waals surface area contributed by atoms with Crippen LogP contribution in [0.1, 0.15) is 39.5 Å². The minimum atomic E-state index is 0.654. The first kappa shape index (κ1) is 14.7. The Balaban J connectivity index is 1.71. The van der Waals surface area contributed by atoms with Crippen molar-refractivity contribution in [3.63, 3.8) is 0 Å². The van der Waals surface area contributed by atoms with Gasteiger partial charge in [-0.05, 0) is 56.5 Å². The number of piperazine rings is 1. The van der Waals surface area contributed by atoms with Crippen molar-refractivity contribution in [1.82, 2.24) is 4.90 Å². The number of ether oxygens (including phenoxy) is 1. The van der Waals surface area contributed by atoms with E-state index in [9.17, 15) is 0 Å². The minimum Gasteiger partial charge on any atom is -0.494 e. The number of rotatable bonds is 5. The molecule has 2 aliphatic heterocycles. The highest BCUT2D eigenvalue weighted by Crippen LogP contribution is 2.30. The van der Waals surface area contributed by atoms with Crippen molar-refractivity contribution in [3.8, 4) is 5.75 Å². The number of fused-ring (bicyclic) bond motifs is 1. The quantitative estimate of drug-likeness (QED) is 0.824. The molecule has 0 aromatic heterocycles. The molecule has 0 bridgehead atoms. The molecule has 2 heterocycles. The summed E-state index contributed by atoms with van der Waals surface area (Å²) in [4.78, 5) is 5.32. The summed E-state index contributed by atoms with van der Waals surface area (Å²) in [5.41, 5.74) is 1.36. The van der Waals surface area contributed by atoms with Crippen LogP contribution in [0.15, 0.2) is 24.3 Å². The molecule has 0 radical (unpaired) electrons. The summed E-state index contributed by atoms with van der Waals surface area (Å²) in [6, 6.07) is 10.1. The zero-order chi connectivity index (χ0) is 14.7. The van der Waals surface area contributed by atoms with Crippen LogP contribution in [0.25, 0.3) is 0 Å². The highest BCUT2D eigenvalue weighted by atomic mass is 16.5. The molecule has 0 aliphatic carbocycles. The molecule has 116 valence electrons. The van der Waals surface area contributed by atoms with Crippen molar-refractivity contribution in [2.75, 3.05) is 31.1 Å². The molecular weight excluding hydrogens is 260 g/mol. The average molecular weight is 288 g/mol. The lowest BCUT2D eigenvalue weighted by Gasteiger charge is -2.45. The lowest BCUT2D eigenvalue weighted by atomic mass is 10.0. The van der Waals surface area contributed by atoms with Crippen LogP contribution in [0.4, 0.5) is 5.69 Å². The maximum Gasteiger partial charge on any atom is 0.119 e. The first-order chi connectivity index (χ1) is 10.3. The van der Waals surface area contributed by atoms with Crippen LogP contribution >= 0.6 is 0 Å². The maximum absolute atomic E-state index is 5.69. The van der Waals surface area contributed by atoms with Gasteiger partial charge in [-0.25, -0.2) is 0 Å². The lowest BCUT2D eigenvalue weighted by Crippen LogP contribution is -2.56. The minimum absolute atomic E-state index is 0.654. The van der Waals surface area contributed by atoms with Gasteiger partial charge in [0.15, 0.2) is 0 Å². The molecule has 21 heavy (non-hydrogen) atoms. The monoisotopic (exact) mass is 288 g/mol. The van der Waals surface area contributed by atoms with Gasteiger partial charge in [0.2, 0.25) is 0 Å². The average Bonchev–Trinajstić information content (AvgIpc) is 2.99. The van der Waals surface area contributed by atoms with Gasteiger partial charge in [-0.15, -0.1) is 0 Å². The number of benzene rings is 1. The molecule has 1 aromatic rings. The van der Waals surface area contributed by atoms with Crippen molar-refractivity contribution < 1.29 is 4.74 Å². The van der Waals surface area contributed by atoms with Gasteiger partial charge in [0.05, 0.1) is 6.61 Å². The zero-order valence-electron chi connectivity index (χ0n) is 13.4. The molecule has 2 saturated heterocycles. The van der Waals surface area contributed by atoms with Crippen molar-refractivity contribution in [2.45, 2.75) is 51.6 Å². The van der Waals surface area contributed by atoms with Gasteiger partial charge in [-0.2, -0.15) is 0 Å². The molecule has 2 atom stereocenters. The summed E-state index contributed by atoms with van der Waals surface area (Å²) in [7, 11) is 0. The summed E-state index contributed by atoms with van der Waals surface area (Å²) in [6.07, 6.45) is 5.02. The summed E-state index contributed by atoms with van der Waals surface area (Å²) in [5, 5.41) is 0. The summed E-state index contributed by atoms with van der Waals surface area (Å²) in [6.45, 7) is 8.98. The Morgan fingerprint density at radius 2 is 1.95 bits per heavy atom. The Hall–Kier alpha value is -1.22. The largest absolute Gasteiger partial charge is 0.494 e. The number of hydrogen-bond donors (Lipinski definition) is 0. The van der Waals surface area contributed by atoms with E-state index in [2.05, 4.69) is 47.9 Å². The van der Waals surface area contributed by atoms with Crippen LogP contribution in [-0.2, 0) is 0 Å². The standard InChI is InChI=1S/C18H28N2O/c1-3-12-21-18-9-7-16(8-10-18)20-14-17-6-5-11-19(17)13-15(20)4-2/h7-10,15,17H,3-6,11-14H2,1-2H3. The number of anilines is 1. The second-order valence-electron chi connectivity index (χ2n) is 6.35. The molecule has 3 heteroatoms. The molecule has 3 rings (SSSR count). The predicted molar refractivity (Wildman–Crippen MR) is 88.2 cm³/mol. The first-order valence-corrected chi connectivity index (χ1v) is 8.55. The fraction of sp³-hybridized carbons (Fsp3) is 0.667. The molecule has 3 nitrogen and oxygen atoms in total. The molecule has 0 saturated carbocycles. The van der Waals surface area contributed by atoms with Gasteiger partial charge in [0, 0.05) is 30.9 Å². The highest BCUT2D eigenvalue weighted by Gasteiger charge is 2.35. The fourth-order valence-electron chi connectivity index (χ4n) is 3.71. The Morgan fingerprint density at radius 1 is 1.14 bits per heavy atom. The van der Waals surface area contributed by atoms with Crippen molar-refractivity contribution in [1.29, 1.82) is 0 Å².